The van der Waals surface area contributed by atoms with Gasteiger partial charge in [0.1, 0.15) is 4.38 Å². The van der Waals surface area contributed by atoms with Crippen molar-refractivity contribution in [3.63, 3.8) is 0 Å². The van der Waals surface area contributed by atoms with Gasteiger partial charge in [-0.1, -0.05) is 11.8 Å². The zero-order chi connectivity index (χ0) is 6.53. The predicted molar refractivity (Wildman–Crippen MR) is 51.7 cm³/mol. The average Bonchev–Trinajstić information content (AvgIpc) is 2.34. The minimum atomic E-state index is 0.975. The van der Waals surface area contributed by atoms with Gasteiger partial charge in [-0.25, -0.2) is 0 Å². The lowest BCUT2D eigenvalue weighted by atomic mass is 10.8. The van der Waals surface area contributed by atoms with Crippen molar-refractivity contribution in [3.05, 3.63) is 0 Å². The third-order valence-corrected chi connectivity index (χ3v) is 5.04. The summed E-state index contributed by atoms with van der Waals surface area (Å²) in [5.41, 5.74) is 0. The molecule has 6 heteroatoms. The topological polar surface area (TPSA) is 38.4 Å². The molecule has 0 saturated heterocycles. The normalized spacial score (nSPS) is 18.1. The van der Waals surface area contributed by atoms with Crippen molar-refractivity contribution in [3.8, 4) is 0 Å². The van der Waals surface area contributed by atoms with Gasteiger partial charge in [-0.3, -0.25) is 10.1 Å². The Morgan fingerprint density at radius 1 is 1.67 bits per heavy atom. The van der Waals surface area contributed by atoms with Gasteiger partial charge in [0.25, 0.3) is 0 Å². The van der Waals surface area contributed by atoms with Crippen LogP contribution in [0.1, 0.15) is 0 Å². The summed E-state index contributed by atoms with van der Waals surface area (Å²) >= 11 is 1.81. The molecule has 2 nitrogen and oxygen atoms in total. The molecule has 0 fully saturated rings. The van der Waals surface area contributed by atoms with Gasteiger partial charge in [0, 0.05) is 5.75 Å². The van der Waals surface area contributed by atoms with Crippen LogP contribution in [0.3, 0.4) is 0 Å². The predicted octanol–water partition coefficient (Wildman–Crippen LogP) is 1.99. The summed E-state index contributed by atoms with van der Waals surface area (Å²) in [5, 5.41) is 5.20. The van der Waals surface area contributed by atoms with Crippen molar-refractivity contribution in [2.45, 2.75) is 0 Å². The maximum Gasteiger partial charge on any atom is 0.136 e. The fourth-order valence-electron chi connectivity index (χ4n) is 0.415. The van der Waals surface area contributed by atoms with Crippen molar-refractivity contribution in [1.82, 2.24) is 0 Å². The molecule has 0 amide bonds. The van der Waals surface area contributed by atoms with Gasteiger partial charge in [-0.2, -0.15) is 0 Å². The van der Waals surface area contributed by atoms with E-state index in [2.05, 4.69) is 4.99 Å². The SMILES string of the molecule is NSSSC1=NCCS1. The summed E-state index contributed by atoms with van der Waals surface area (Å²) < 4.78 is 1.16. The first-order valence-electron chi connectivity index (χ1n) is 2.31. The first-order valence-corrected chi connectivity index (χ1v) is 6.84. The Morgan fingerprint density at radius 3 is 3.11 bits per heavy atom. The summed E-state index contributed by atoms with van der Waals surface area (Å²) in [6.45, 7) is 0.975. The molecule has 0 unspecified atom stereocenters. The molecule has 9 heavy (non-hydrogen) atoms. The second-order valence-electron chi connectivity index (χ2n) is 1.24. The molecule has 0 bridgehead atoms. The third-order valence-electron chi connectivity index (χ3n) is 0.702. The number of rotatable bonds is 2. The van der Waals surface area contributed by atoms with E-state index in [1.54, 1.807) is 32.4 Å². The lowest BCUT2D eigenvalue weighted by Gasteiger charge is -1.91. The highest BCUT2D eigenvalue weighted by atomic mass is 33.5. The summed E-state index contributed by atoms with van der Waals surface area (Å²) in [6.07, 6.45) is 0. The second kappa shape index (κ2) is 4.79. The van der Waals surface area contributed by atoms with Crippen LogP contribution in [0.15, 0.2) is 4.99 Å². The molecule has 0 atom stereocenters. The Hall–Kier alpha value is 1.03. The van der Waals surface area contributed by atoms with E-state index in [1.165, 1.54) is 11.0 Å². The van der Waals surface area contributed by atoms with Gasteiger partial charge in [-0.15, -0.1) is 0 Å². The average molecular weight is 198 g/mol. The van der Waals surface area contributed by atoms with Gasteiger partial charge in [-0.05, 0) is 31.6 Å². The molecule has 52 valence electrons. The van der Waals surface area contributed by atoms with Crippen LogP contribution in [0.5, 0.6) is 0 Å². The van der Waals surface area contributed by atoms with E-state index in [1.807, 2.05) is 0 Å². The summed E-state index contributed by atoms with van der Waals surface area (Å²) in [4.78, 5) is 4.23. The minimum absolute atomic E-state index is 0.975. The third kappa shape index (κ3) is 3.08. The van der Waals surface area contributed by atoms with Crippen molar-refractivity contribution < 1.29 is 0 Å². The van der Waals surface area contributed by atoms with Crippen LogP contribution in [0.4, 0.5) is 0 Å². The highest BCUT2D eigenvalue weighted by Crippen LogP contribution is 2.36. The lowest BCUT2D eigenvalue weighted by Crippen LogP contribution is -1.73. The lowest BCUT2D eigenvalue weighted by molar-refractivity contribution is 1.18. The summed E-state index contributed by atoms with van der Waals surface area (Å²) in [7, 11) is 4.49. The van der Waals surface area contributed by atoms with Crippen molar-refractivity contribution in [1.29, 1.82) is 0 Å². The standard InChI is InChI=1S/C3H6N2S4/c4-8-9-7-3-5-1-2-6-3/h1-2,4H2. The molecule has 0 saturated carbocycles. The van der Waals surface area contributed by atoms with E-state index in [-0.39, 0.29) is 0 Å². The maximum absolute atomic E-state index is 5.20. The van der Waals surface area contributed by atoms with E-state index in [4.69, 9.17) is 5.14 Å². The number of nitrogens with two attached hydrogens (primary N) is 1. The Bertz CT molecular complexity index is 114. The highest BCUT2D eigenvalue weighted by molar-refractivity contribution is 9.13. The Labute approximate surface area is 70.1 Å². The van der Waals surface area contributed by atoms with Crippen LogP contribution in [0, 0.1) is 0 Å². The van der Waals surface area contributed by atoms with Crippen LogP contribution in [0.25, 0.3) is 0 Å². The van der Waals surface area contributed by atoms with Gasteiger partial charge in [0.15, 0.2) is 0 Å². The summed E-state index contributed by atoms with van der Waals surface area (Å²) in [6, 6.07) is 0. The molecular formula is C3H6N2S4. The molecule has 0 spiro atoms. The van der Waals surface area contributed by atoms with E-state index in [0.717, 1.165) is 16.7 Å². The maximum atomic E-state index is 5.20. The van der Waals surface area contributed by atoms with E-state index in [9.17, 15) is 0 Å². The van der Waals surface area contributed by atoms with Crippen LogP contribution in [-0.2, 0) is 0 Å². The number of hydrogen-bond donors (Lipinski definition) is 1. The molecule has 0 aromatic carbocycles. The molecule has 1 rings (SSSR count). The number of hydrogen-bond acceptors (Lipinski definition) is 6. The van der Waals surface area contributed by atoms with Gasteiger partial charge in [0.05, 0.1) is 6.54 Å². The first kappa shape index (κ1) is 8.13. The molecule has 1 aliphatic heterocycles. The van der Waals surface area contributed by atoms with E-state index >= 15 is 0 Å². The van der Waals surface area contributed by atoms with Crippen LogP contribution >= 0.6 is 43.4 Å². The van der Waals surface area contributed by atoms with Gasteiger partial charge < -0.3 is 0 Å². The molecule has 0 aromatic heterocycles. The monoisotopic (exact) mass is 198 g/mol. The minimum Gasteiger partial charge on any atom is -0.270 e. The Kier molecular flexibility index (Phi) is 4.32. The number of aliphatic imine (C=N–C) groups is 1. The fourth-order valence-corrected chi connectivity index (χ4v) is 4.15. The van der Waals surface area contributed by atoms with Crippen molar-refractivity contribution >= 4 is 47.7 Å². The zero-order valence-electron chi connectivity index (χ0n) is 4.57. The molecule has 1 heterocycles. The van der Waals surface area contributed by atoms with E-state index in [0.29, 0.717) is 0 Å². The highest BCUT2D eigenvalue weighted by Gasteiger charge is 2.06. The molecule has 0 radical (unpaired) electrons. The molecule has 1 aliphatic rings. The smallest absolute Gasteiger partial charge is 0.136 e. The van der Waals surface area contributed by atoms with Crippen molar-refractivity contribution in [2.24, 2.45) is 10.1 Å². The van der Waals surface area contributed by atoms with Crippen molar-refractivity contribution in [2.75, 3.05) is 12.3 Å². The Morgan fingerprint density at radius 2 is 2.56 bits per heavy atom. The molecular weight excluding hydrogens is 192 g/mol. The van der Waals surface area contributed by atoms with E-state index < -0.39 is 0 Å². The molecule has 0 aromatic rings. The molecule has 2 N–H and O–H groups in total. The fraction of sp³-hybridized carbons (Fsp3) is 0.667. The van der Waals surface area contributed by atoms with Crippen LogP contribution in [0.2, 0.25) is 0 Å². The second-order valence-corrected chi connectivity index (χ2v) is 6.18. The van der Waals surface area contributed by atoms with Crippen LogP contribution < -0.4 is 5.14 Å². The Balaban J connectivity index is 2.11. The van der Waals surface area contributed by atoms with Gasteiger partial charge in [0.2, 0.25) is 0 Å². The quantitative estimate of drug-likeness (QED) is 0.542. The van der Waals surface area contributed by atoms with Gasteiger partial charge >= 0.3 is 0 Å². The molecule has 0 aliphatic carbocycles. The number of nitrogens with zero attached hydrogens (tertiary/aromatic N) is 1. The zero-order valence-corrected chi connectivity index (χ0v) is 7.84. The number of thioether (sulfide) groups is 1. The van der Waals surface area contributed by atoms with Crippen LogP contribution in [-0.4, -0.2) is 16.7 Å². The first-order chi connectivity index (χ1) is 4.43. The summed E-state index contributed by atoms with van der Waals surface area (Å²) in [5.74, 6) is 1.14. The largest absolute Gasteiger partial charge is 0.270 e.